The molecule has 1 aliphatic rings. The molecule has 0 aliphatic heterocycles. The molecule has 3 nitrogen and oxygen atoms in total. The normalized spacial score (nSPS) is 20.5. The molecular formula is C15H31NO2. The van der Waals surface area contributed by atoms with Crippen LogP contribution >= 0.6 is 0 Å². The molecule has 0 aromatic heterocycles. The van der Waals surface area contributed by atoms with Crippen molar-refractivity contribution in [3.8, 4) is 0 Å². The summed E-state index contributed by atoms with van der Waals surface area (Å²) in [6, 6.07) is 0. The first kappa shape index (κ1) is 15.9. The summed E-state index contributed by atoms with van der Waals surface area (Å²) in [6.45, 7) is 5.46. The van der Waals surface area contributed by atoms with E-state index in [0.29, 0.717) is 19.0 Å². The Balaban J connectivity index is 2.08. The van der Waals surface area contributed by atoms with Gasteiger partial charge >= 0.3 is 0 Å². The van der Waals surface area contributed by atoms with E-state index in [1.807, 2.05) is 0 Å². The van der Waals surface area contributed by atoms with Gasteiger partial charge in [0, 0.05) is 13.1 Å². The summed E-state index contributed by atoms with van der Waals surface area (Å²) in [4.78, 5) is 0. The molecule has 3 heteroatoms. The second kappa shape index (κ2) is 8.89. The van der Waals surface area contributed by atoms with Crippen molar-refractivity contribution in [3.63, 3.8) is 0 Å². The highest BCUT2D eigenvalue weighted by Crippen LogP contribution is 2.28. The van der Waals surface area contributed by atoms with Crippen LogP contribution in [-0.2, 0) is 0 Å². The van der Waals surface area contributed by atoms with Crippen LogP contribution in [0.4, 0.5) is 0 Å². The lowest BCUT2D eigenvalue weighted by molar-refractivity contribution is 0.0908. The van der Waals surface area contributed by atoms with Gasteiger partial charge in [-0.1, -0.05) is 52.4 Å². The van der Waals surface area contributed by atoms with Gasteiger partial charge in [-0.15, -0.1) is 0 Å². The Hall–Kier alpha value is -0.120. The van der Waals surface area contributed by atoms with Crippen molar-refractivity contribution in [3.05, 3.63) is 0 Å². The zero-order valence-electron chi connectivity index (χ0n) is 12.1. The molecule has 18 heavy (non-hydrogen) atoms. The molecular weight excluding hydrogens is 226 g/mol. The molecule has 1 rings (SSSR count). The summed E-state index contributed by atoms with van der Waals surface area (Å²) in [7, 11) is 0. The van der Waals surface area contributed by atoms with Crippen molar-refractivity contribution in [2.75, 3.05) is 13.1 Å². The van der Waals surface area contributed by atoms with Crippen molar-refractivity contribution in [1.82, 2.24) is 5.32 Å². The lowest BCUT2D eigenvalue weighted by Gasteiger charge is -2.22. The van der Waals surface area contributed by atoms with Gasteiger partial charge in [-0.2, -0.15) is 0 Å². The number of rotatable bonds is 9. The number of hydrogen-bond acceptors (Lipinski definition) is 3. The van der Waals surface area contributed by atoms with Gasteiger partial charge in [-0.25, -0.2) is 0 Å². The lowest BCUT2D eigenvalue weighted by Crippen LogP contribution is -2.37. The average molecular weight is 257 g/mol. The quantitative estimate of drug-likeness (QED) is 0.594. The summed E-state index contributed by atoms with van der Waals surface area (Å²) in [5, 5.41) is 23.1. The Morgan fingerprint density at radius 1 is 1.06 bits per heavy atom. The topological polar surface area (TPSA) is 52.5 Å². The monoisotopic (exact) mass is 257 g/mol. The van der Waals surface area contributed by atoms with Crippen LogP contribution in [0.25, 0.3) is 0 Å². The maximum atomic E-state index is 9.96. The summed E-state index contributed by atoms with van der Waals surface area (Å²) in [5.74, 6) is 1.11. The Morgan fingerprint density at radius 3 is 2.22 bits per heavy atom. The van der Waals surface area contributed by atoms with Crippen LogP contribution < -0.4 is 5.32 Å². The van der Waals surface area contributed by atoms with E-state index in [9.17, 15) is 10.2 Å². The molecule has 2 atom stereocenters. The second-order valence-electron chi connectivity index (χ2n) is 5.84. The highest BCUT2D eigenvalue weighted by Gasteiger charge is 2.19. The zero-order chi connectivity index (χ0) is 13.4. The molecule has 3 N–H and O–H groups in total. The Morgan fingerprint density at radius 2 is 1.67 bits per heavy atom. The first-order valence-corrected chi connectivity index (χ1v) is 7.74. The summed E-state index contributed by atoms with van der Waals surface area (Å²) >= 11 is 0. The van der Waals surface area contributed by atoms with Crippen molar-refractivity contribution in [1.29, 1.82) is 0 Å². The molecule has 1 fully saturated rings. The minimum absolute atomic E-state index is 0.248. The molecule has 0 radical (unpaired) electrons. The van der Waals surface area contributed by atoms with Gasteiger partial charge in [0.2, 0.25) is 0 Å². The molecule has 1 saturated carbocycles. The summed E-state index contributed by atoms with van der Waals surface area (Å²) < 4.78 is 0. The van der Waals surface area contributed by atoms with E-state index in [1.54, 1.807) is 0 Å². The maximum Gasteiger partial charge on any atom is 0.0692 e. The summed E-state index contributed by atoms with van der Waals surface area (Å²) in [5.41, 5.74) is 0. The largest absolute Gasteiger partial charge is 0.392 e. The van der Waals surface area contributed by atoms with Crippen LogP contribution in [-0.4, -0.2) is 35.5 Å². The molecule has 0 aromatic carbocycles. The fourth-order valence-corrected chi connectivity index (χ4v) is 3.11. The first-order valence-electron chi connectivity index (χ1n) is 7.74. The fourth-order valence-electron chi connectivity index (χ4n) is 3.11. The number of aliphatic hydroxyl groups excluding tert-OH is 2. The van der Waals surface area contributed by atoms with Gasteiger partial charge < -0.3 is 15.5 Å². The molecule has 0 aromatic rings. The van der Waals surface area contributed by atoms with Crippen LogP contribution in [0.3, 0.4) is 0 Å². The lowest BCUT2D eigenvalue weighted by atomic mass is 9.96. The highest BCUT2D eigenvalue weighted by atomic mass is 16.3. The number of nitrogens with one attached hydrogen (secondary N) is 1. The first-order chi connectivity index (χ1) is 8.67. The van der Waals surface area contributed by atoms with E-state index in [1.165, 1.54) is 25.7 Å². The van der Waals surface area contributed by atoms with E-state index in [0.717, 1.165) is 25.2 Å². The van der Waals surface area contributed by atoms with E-state index in [2.05, 4.69) is 19.2 Å². The predicted molar refractivity (Wildman–Crippen MR) is 75.5 cm³/mol. The number of hydrogen-bond donors (Lipinski definition) is 3. The smallest absolute Gasteiger partial charge is 0.0692 e. The third-order valence-electron chi connectivity index (χ3n) is 4.41. The predicted octanol–water partition coefficient (Wildman–Crippen LogP) is 2.31. The standard InChI is InChI=1S/C15H31NO2/c1-3-13(4-2)15(18)11-16-10-14(17)9-12-7-5-6-8-12/h12-18H,3-11H2,1-2H3. The molecule has 108 valence electrons. The Kier molecular flexibility index (Phi) is 7.87. The van der Waals surface area contributed by atoms with Crippen molar-refractivity contribution in [2.45, 2.75) is 71.0 Å². The van der Waals surface area contributed by atoms with E-state index in [4.69, 9.17) is 0 Å². The maximum absolute atomic E-state index is 9.96. The third-order valence-corrected chi connectivity index (χ3v) is 4.41. The minimum Gasteiger partial charge on any atom is -0.392 e. The van der Waals surface area contributed by atoms with Crippen molar-refractivity contribution in [2.24, 2.45) is 11.8 Å². The molecule has 2 unspecified atom stereocenters. The van der Waals surface area contributed by atoms with E-state index >= 15 is 0 Å². The SMILES string of the molecule is CCC(CC)C(O)CNCC(O)CC1CCCC1. The Bertz CT molecular complexity index is 201. The summed E-state index contributed by atoms with van der Waals surface area (Å²) in [6.07, 6.45) is 7.67. The fraction of sp³-hybridized carbons (Fsp3) is 1.00. The number of aliphatic hydroxyl groups is 2. The Labute approximate surface area is 112 Å². The molecule has 0 heterocycles. The van der Waals surface area contributed by atoms with Gasteiger partial charge in [0.05, 0.1) is 12.2 Å². The minimum atomic E-state index is -0.279. The van der Waals surface area contributed by atoms with E-state index < -0.39 is 0 Å². The van der Waals surface area contributed by atoms with Gasteiger partial charge in [-0.05, 0) is 18.3 Å². The van der Waals surface area contributed by atoms with Crippen molar-refractivity contribution < 1.29 is 10.2 Å². The van der Waals surface area contributed by atoms with Crippen LogP contribution in [0.15, 0.2) is 0 Å². The average Bonchev–Trinajstić information content (AvgIpc) is 2.83. The van der Waals surface area contributed by atoms with Crippen LogP contribution in [0.1, 0.15) is 58.8 Å². The zero-order valence-corrected chi connectivity index (χ0v) is 12.1. The molecule has 1 aliphatic carbocycles. The highest BCUT2D eigenvalue weighted by molar-refractivity contribution is 4.74. The van der Waals surface area contributed by atoms with E-state index in [-0.39, 0.29) is 12.2 Å². The molecule has 0 saturated heterocycles. The molecule has 0 amide bonds. The van der Waals surface area contributed by atoms with Gasteiger partial charge in [0.25, 0.3) is 0 Å². The molecule has 0 spiro atoms. The molecule has 0 bridgehead atoms. The van der Waals surface area contributed by atoms with Crippen LogP contribution in [0, 0.1) is 11.8 Å². The van der Waals surface area contributed by atoms with Gasteiger partial charge in [0.1, 0.15) is 0 Å². The van der Waals surface area contributed by atoms with Crippen LogP contribution in [0.2, 0.25) is 0 Å². The van der Waals surface area contributed by atoms with Crippen molar-refractivity contribution >= 4 is 0 Å². The second-order valence-corrected chi connectivity index (χ2v) is 5.84. The third kappa shape index (κ3) is 5.68. The van der Waals surface area contributed by atoms with Crippen LogP contribution in [0.5, 0.6) is 0 Å². The van der Waals surface area contributed by atoms with Gasteiger partial charge in [-0.3, -0.25) is 0 Å². The van der Waals surface area contributed by atoms with Gasteiger partial charge in [0.15, 0.2) is 0 Å².